The zero-order valence-corrected chi connectivity index (χ0v) is 15.0. The molecule has 7 nitrogen and oxygen atoms in total. The molecular formula is C20H22N2O5. The van der Waals surface area contributed by atoms with E-state index in [1.54, 1.807) is 50.2 Å². The van der Waals surface area contributed by atoms with Crippen LogP contribution in [0.4, 0.5) is 10.5 Å². The van der Waals surface area contributed by atoms with Crippen LogP contribution in [0.3, 0.4) is 0 Å². The molecule has 142 valence electrons. The van der Waals surface area contributed by atoms with Gasteiger partial charge in [0.2, 0.25) is 0 Å². The molecule has 0 unspecified atom stereocenters. The lowest BCUT2D eigenvalue weighted by atomic mass is 9.82. The van der Waals surface area contributed by atoms with E-state index in [0.29, 0.717) is 11.3 Å². The molecule has 4 N–H and O–H groups in total. The summed E-state index contributed by atoms with van der Waals surface area (Å²) in [6.07, 6.45) is 1.27. The van der Waals surface area contributed by atoms with Crippen LogP contribution < -0.4 is 10.8 Å². The van der Waals surface area contributed by atoms with Gasteiger partial charge in [0.15, 0.2) is 0 Å². The van der Waals surface area contributed by atoms with Crippen LogP contribution >= 0.6 is 0 Å². The molecular weight excluding hydrogens is 348 g/mol. The van der Waals surface area contributed by atoms with Gasteiger partial charge in [0.25, 0.3) is 5.91 Å². The molecule has 7 heteroatoms. The largest absolute Gasteiger partial charge is 0.508 e. The van der Waals surface area contributed by atoms with Crippen LogP contribution in [0.25, 0.3) is 0 Å². The second-order valence-corrected chi connectivity index (χ2v) is 6.50. The first-order valence-corrected chi connectivity index (χ1v) is 8.27. The maximum absolute atomic E-state index is 12.4. The minimum absolute atomic E-state index is 0.0826. The third-order valence-corrected chi connectivity index (χ3v) is 3.89. The molecule has 0 aliphatic heterocycles. The van der Waals surface area contributed by atoms with Crippen molar-refractivity contribution >= 4 is 17.7 Å². The van der Waals surface area contributed by atoms with Crippen molar-refractivity contribution < 1.29 is 24.6 Å². The summed E-state index contributed by atoms with van der Waals surface area (Å²) < 4.78 is 5.63. The lowest BCUT2D eigenvalue weighted by Gasteiger charge is -2.31. The quantitative estimate of drug-likeness (QED) is 0.352. The summed E-state index contributed by atoms with van der Waals surface area (Å²) in [5, 5.41) is 20.8. The van der Waals surface area contributed by atoms with Gasteiger partial charge in [-0.3, -0.25) is 15.3 Å². The number of hydrogen-bond donors (Lipinski definition) is 4. The molecule has 2 amide bonds. The number of hydrogen-bond acceptors (Lipinski definition) is 5. The summed E-state index contributed by atoms with van der Waals surface area (Å²) in [5.74, 6) is -0.611. The van der Waals surface area contributed by atoms with Gasteiger partial charge in [0.1, 0.15) is 11.9 Å². The van der Waals surface area contributed by atoms with Crippen LogP contribution in [0, 0.1) is 5.41 Å². The first kappa shape index (κ1) is 20.0. The molecule has 0 spiro atoms. The van der Waals surface area contributed by atoms with Crippen molar-refractivity contribution in [2.75, 3.05) is 5.32 Å². The van der Waals surface area contributed by atoms with Gasteiger partial charge >= 0.3 is 6.09 Å². The second kappa shape index (κ2) is 8.86. The zero-order valence-electron chi connectivity index (χ0n) is 15.0. The Morgan fingerprint density at radius 2 is 1.70 bits per heavy atom. The minimum Gasteiger partial charge on any atom is -0.508 e. The zero-order chi connectivity index (χ0) is 19.9. The number of amides is 2. The average Bonchev–Trinajstić information content (AvgIpc) is 2.66. The molecule has 2 aromatic carbocycles. The summed E-state index contributed by atoms with van der Waals surface area (Å²) in [7, 11) is 0. The minimum atomic E-state index is -0.794. The molecule has 0 saturated heterocycles. The Balaban J connectivity index is 2.26. The Kier molecular flexibility index (Phi) is 6.56. The van der Waals surface area contributed by atoms with E-state index in [4.69, 9.17) is 9.94 Å². The van der Waals surface area contributed by atoms with Gasteiger partial charge in [-0.2, -0.15) is 0 Å². The van der Waals surface area contributed by atoms with Crippen molar-refractivity contribution in [3.63, 3.8) is 0 Å². The van der Waals surface area contributed by atoms with Gasteiger partial charge in [-0.25, -0.2) is 10.3 Å². The summed E-state index contributed by atoms with van der Waals surface area (Å²) in [6, 6.07) is 15.1. The number of carbonyl (C=O) groups is 2. The number of anilines is 1. The van der Waals surface area contributed by atoms with Crippen molar-refractivity contribution in [3.8, 4) is 5.75 Å². The molecule has 2 aromatic rings. The van der Waals surface area contributed by atoms with Crippen LogP contribution in [0.1, 0.15) is 25.5 Å². The highest BCUT2D eigenvalue weighted by Crippen LogP contribution is 2.38. The van der Waals surface area contributed by atoms with E-state index >= 15 is 0 Å². The van der Waals surface area contributed by atoms with Gasteiger partial charge < -0.3 is 9.84 Å². The van der Waals surface area contributed by atoms with Crippen molar-refractivity contribution in [3.05, 3.63) is 72.3 Å². The third-order valence-electron chi connectivity index (χ3n) is 3.89. The fourth-order valence-corrected chi connectivity index (χ4v) is 2.49. The average molecular weight is 370 g/mol. The monoisotopic (exact) mass is 370 g/mol. The molecule has 0 aromatic heterocycles. The van der Waals surface area contributed by atoms with E-state index in [2.05, 4.69) is 5.32 Å². The van der Waals surface area contributed by atoms with Crippen LogP contribution in [-0.4, -0.2) is 22.3 Å². The molecule has 0 fully saturated rings. The van der Waals surface area contributed by atoms with Gasteiger partial charge in [-0.05, 0) is 29.8 Å². The van der Waals surface area contributed by atoms with E-state index in [1.165, 1.54) is 23.7 Å². The Labute approximate surface area is 157 Å². The van der Waals surface area contributed by atoms with Crippen molar-refractivity contribution in [1.29, 1.82) is 0 Å². The van der Waals surface area contributed by atoms with Crippen LogP contribution in [0.5, 0.6) is 5.75 Å². The standard InChI is InChI=1S/C20H22N2O5/c1-20(2,13-12-17(24)22-26)18(14-8-10-16(23)11-9-14)27-19(25)21-15-6-4-3-5-7-15/h3-13,18,23,26H,1-2H3,(H,21,25)(H,22,24)/b13-12+/t18-/m1/s1. The first-order chi connectivity index (χ1) is 12.8. The second-order valence-electron chi connectivity index (χ2n) is 6.50. The normalized spacial score (nSPS) is 12.4. The highest BCUT2D eigenvalue weighted by atomic mass is 16.6. The van der Waals surface area contributed by atoms with Crippen molar-refractivity contribution in [2.45, 2.75) is 20.0 Å². The third kappa shape index (κ3) is 5.86. The lowest BCUT2D eigenvalue weighted by molar-refractivity contribution is -0.124. The molecule has 1 atom stereocenters. The van der Waals surface area contributed by atoms with Gasteiger partial charge in [-0.15, -0.1) is 0 Å². The number of rotatable bonds is 6. The predicted molar refractivity (Wildman–Crippen MR) is 100 cm³/mol. The summed E-state index contributed by atoms with van der Waals surface area (Å²) in [5.41, 5.74) is 1.94. The van der Waals surface area contributed by atoms with Crippen LogP contribution in [0.15, 0.2) is 66.7 Å². The number of nitrogens with one attached hydrogen (secondary N) is 2. The SMILES string of the molecule is CC(C)(/C=C/C(=O)NO)[C@H](OC(=O)Nc1ccccc1)c1ccc(O)cc1. The maximum atomic E-state index is 12.4. The lowest BCUT2D eigenvalue weighted by Crippen LogP contribution is -2.28. The number of phenols is 1. The van der Waals surface area contributed by atoms with E-state index in [0.717, 1.165) is 6.08 Å². The van der Waals surface area contributed by atoms with Crippen LogP contribution in [0.2, 0.25) is 0 Å². The number of phenolic OH excluding ortho intramolecular Hbond substituents is 1. The molecule has 27 heavy (non-hydrogen) atoms. The van der Waals surface area contributed by atoms with Crippen LogP contribution in [-0.2, 0) is 9.53 Å². The maximum Gasteiger partial charge on any atom is 0.412 e. The number of ether oxygens (including phenoxy) is 1. The number of carbonyl (C=O) groups excluding carboxylic acids is 2. The van der Waals surface area contributed by atoms with Gasteiger partial charge in [0.05, 0.1) is 0 Å². The van der Waals surface area contributed by atoms with Crippen molar-refractivity contribution in [1.82, 2.24) is 5.48 Å². The Hall–Kier alpha value is -3.32. The molecule has 0 aliphatic rings. The smallest absolute Gasteiger partial charge is 0.412 e. The van der Waals surface area contributed by atoms with E-state index in [9.17, 15) is 14.7 Å². The Bertz CT molecular complexity index is 801. The number of aromatic hydroxyl groups is 1. The van der Waals surface area contributed by atoms with E-state index in [-0.39, 0.29) is 5.75 Å². The molecule has 0 radical (unpaired) electrons. The van der Waals surface area contributed by atoms with Crippen molar-refractivity contribution in [2.24, 2.45) is 5.41 Å². The topological polar surface area (TPSA) is 108 Å². The first-order valence-electron chi connectivity index (χ1n) is 8.27. The van der Waals surface area contributed by atoms with Gasteiger partial charge in [-0.1, -0.05) is 50.3 Å². The Morgan fingerprint density at radius 1 is 1.07 bits per heavy atom. The number of para-hydroxylation sites is 1. The molecule has 0 saturated carbocycles. The highest BCUT2D eigenvalue weighted by molar-refractivity contribution is 5.86. The summed E-state index contributed by atoms with van der Waals surface area (Å²) in [4.78, 5) is 23.7. The Morgan fingerprint density at radius 3 is 2.30 bits per heavy atom. The molecule has 0 heterocycles. The van der Waals surface area contributed by atoms with Gasteiger partial charge in [0, 0.05) is 17.2 Å². The fraction of sp³-hybridized carbons (Fsp3) is 0.200. The fourth-order valence-electron chi connectivity index (χ4n) is 2.49. The summed E-state index contributed by atoms with van der Waals surface area (Å²) >= 11 is 0. The molecule has 0 bridgehead atoms. The molecule has 0 aliphatic carbocycles. The number of benzene rings is 2. The molecule has 2 rings (SSSR count). The number of hydroxylamine groups is 1. The summed E-state index contributed by atoms with van der Waals surface area (Å²) in [6.45, 7) is 3.56. The highest BCUT2D eigenvalue weighted by Gasteiger charge is 2.32. The van der Waals surface area contributed by atoms with E-state index < -0.39 is 23.5 Å². The predicted octanol–water partition coefficient (Wildman–Crippen LogP) is 3.77. The van der Waals surface area contributed by atoms with E-state index in [1.807, 2.05) is 6.07 Å².